The predicted octanol–water partition coefficient (Wildman–Crippen LogP) is 2.01. The van der Waals surface area contributed by atoms with Gasteiger partial charge in [-0.1, -0.05) is 6.92 Å². The molecule has 0 aliphatic rings. The Bertz CT molecular complexity index is 250. The van der Waals surface area contributed by atoms with Gasteiger partial charge in [-0.2, -0.15) is 0 Å². The molecule has 58 valence electrons. The van der Waals surface area contributed by atoms with Gasteiger partial charge < -0.3 is 0 Å². The van der Waals surface area contributed by atoms with E-state index < -0.39 is 0 Å². The number of nitrogens with zero attached hydrogens (tertiary/aromatic N) is 1. The lowest BCUT2D eigenvalue weighted by Crippen LogP contribution is -1.88. The number of carbonyl (C=O) groups excluding carboxylic acids is 1. The first-order valence-corrected chi connectivity index (χ1v) is 4.40. The van der Waals surface area contributed by atoms with E-state index >= 15 is 0 Å². The van der Waals surface area contributed by atoms with Crippen LogP contribution < -0.4 is 0 Å². The van der Waals surface area contributed by atoms with E-state index in [-0.39, 0.29) is 0 Å². The Morgan fingerprint density at radius 2 is 2.55 bits per heavy atom. The molecule has 3 heteroatoms. The zero-order valence-electron chi connectivity index (χ0n) is 6.28. The van der Waals surface area contributed by atoms with Gasteiger partial charge in [0, 0.05) is 11.1 Å². The first-order valence-electron chi connectivity index (χ1n) is 3.41. The lowest BCUT2D eigenvalue weighted by Gasteiger charge is -1.98. The molecule has 0 amide bonds. The highest BCUT2D eigenvalue weighted by atomic mass is 32.2. The minimum atomic E-state index is 0.541. The lowest BCUT2D eigenvalue weighted by atomic mass is 10.4. The van der Waals surface area contributed by atoms with Crippen LogP contribution in [0.1, 0.15) is 17.4 Å². The standard InChI is InChI=1S/C8H9NOS/c1-2-11-8-4-3-5-9-7(8)6-10/h3-6H,2H2,1H3. The van der Waals surface area contributed by atoms with Crippen LogP contribution in [0.4, 0.5) is 0 Å². The van der Waals surface area contributed by atoms with E-state index in [2.05, 4.69) is 4.98 Å². The van der Waals surface area contributed by atoms with E-state index in [9.17, 15) is 4.79 Å². The Hall–Kier alpha value is -0.830. The summed E-state index contributed by atoms with van der Waals surface area (Å²) >= 11 is 1.63. The third-order valence-corrected chi connectivity index (χ3v) is 2.16. The Morgan fingerprint density at radius 3 is 3.18 bits per heavy atom. The van der Waals surface area contributed by atoms with Crippen LogP contribution in [0.2, 0.25) is 0 Å². The van der Waals surface area contributed by atoms with Crippen molar-refractivity contribution in [2.45, 2.75) is 11.8 Å². The van der Waals surface area contributed by atoms with E-state index in [0.717, 1.165) is 16.9 Å². The monoisotopic (exact) mass is 167 g/mol. The normalized spacial score (nSPS) is 9.55. The van der Waals surface area contributed by atoms with Gasteiger partial charge in [-0.25, -0.2) is 0 Å². The number of hydrogen-bond acceptors (Lipinski definition) is 3. The van der Waals surface area contributed by atoms with Crippen LogP contribution in [0.5, 0.6) is 0 Å². The van der Waals surface area contributed by atoms with Crippen molar-refractivity contribution in [1.82, 2.24) is 4.98 Å². The molecule has 0 radical (unpaired) electrons. The lowest BCUT2D eigenvalue weighted by molar-refractivity contribution is 0.111. The quantitative estimate of drug-likeness (QED) is 0.509. The van der Waals surface area contributed by atoms with Crippen LogP contribution in [0.3, 0.4) is 0 Å². The van der Waals surface area contributed by atoms with E-state index in [1.165, 1.54) is 0 Å². The van der Waals surface area contributed by atoms with E-state index in [1.807, 2.05) is 19.1 Å². The van der Waals surface area contributed by atoms with Crippen LogP contribution in [-0.2, 0) is 0 Å². The van der Waals surface area contributed by atoms with Crippen LogP contribution in [0, 0.1) is 0 Å². The third-order valence-electron chi connectivity index (χ3n) is 1.21. The molecule has 0 aliphatic carbocycles. The topological polar surface area (TPSA) is 30.0 Å². The largest absolute Gasteiger partial charge is 0.296 e. The van der Waals surface area contributed by atoms with Crippen molar-refractivity contribution in [2.24, 2.45) is 0 Å². The second-order valence-corrected chi connectivity index (χ2v) is 3.24. The molecule has 0 spiro atoms. The van der Waals surface area contributed by atoms with Crippen molar-refractivity contribution in [3.63, 3.8) is 0 Å². The summed E-state index contributed by atoms with van der Waals surface area (Å²) in [5.74, 6) is 0.965. The molecule has 0 aromatic carbocycles. The van der Waals surface area contributed by atoms with Gasteiger partial charge in [0.25, 0.3) is 0 Å². The first kappa shape index (κ1) is 8.27. The molecule has 11 heavy (non-hydrogen) atoms. The summed E-state index contributed by atoms with van der Waals surface area (Å²) in [4.78, 5) is 15.3. The zero-order valence-corrected chi connectivity index (χ0v) is 7.10. The number of hydrogen-bond donors (Lipinski definition) is 0. The van der Waals surface area contributed by atoms with Crippen molar-refractivity contribution in [3.8, 4) is 0 Å². The zero-order chi connectivity index (χ0) is 8.10. The molecule has 1 rings (SSSR count). The highest BCUT2D eigenvalue weighted by Crippen LogP contribution is 2.18. The maximum absolute atomic E-state index is 10.4. The molecular weight excluding hydrogens is 158 g/mol. The smallest absolute Gasteiger partial charge is 0.169 e. The summed E-state index contributed by atoms with van der Waals surface area (Å²) in [6, 6.07) is 3.75. The third kappa shape index (κ3) is 2.05. The molecule has 0 fully saturated rings. The summed E-state index contributed by atoms with van der Waals surface area (Å²) in [5, 5.41) is 0. The van der Waals surface area contributed by atoms with E-state index in [0.29, 0.717) is 5.69 Å². The van der Waals surface area contributed by atoms with E-state index in [4.69, 9.17) is 0 Å². The number of carbonyl (C=O) groups is 1. The van der Waals surface area contributed by atoms with Gasteiger partial charge >= 0.3 is 0 Å². The number of rotatable bonds is 3. The molecule has 1 aromatic heterocycles. The Labute approximate surface area is 70.0 Å². The Balaban J connectivity index is 2.92. The molecule has 0 saturated carbocycles. The highest BCUT2D eigenvalue weighted by molar-refractivity contribution is 7.99. The highest BCUT2D eigenvalue weighted by Gasteiger charge is 1.99. The van der Waals surface area contributed by atoms with Gasteiger partial charge in [0.05, 0.1) is 0 Å². The van der Waals surface area contributed by atoms with Crippen molar-refractivity contribution < 1.29 is 4.79 Å². The van der Waals surface area contributed by atoms with E-state index in [1.54, 1.807) is 18.0 Å². The molecule has 0 unspecified atom stereocenters. The van der Waals surface area contributed by atoms with Crippen molar-refractivity contribution in [3.05, 3.63) is 24.0 Å². The number of aldehydes is 1. The Morgan fingerprint density at radius 1 is 1.73 bits per heavy atom. The molecule has 0 aliphatic heterocycles. The van der Waals surface area contributed by atoms with Crippen molar-refractivity contribution in [1.29, 1.82) is 0 Å². The average molecular weight is 167 g/mol. The molecule has 2 nitrogen and oxygen atoms in total. The summed E-state index contributed by atoms with van der Waals surface area (Å²) in [6.45, 7) is 2.05. The average Bonchev–Trinajstić information content (AvgIpc) is 2.06. The maximum atomic E-state index is 10.4. The maximum Gasteiger partial charge on any atom is 0.169 e. The Kier molecular flexibility index (Phi) is 3.11. The molecule has 0 saturated heterocycles. The van der Waals surface area contributed by atoms with Crippen LogP contribution in [-0.4, -0.2) is 17.0 Å². The van der Waals surface area contributed by atoms with Gasteiger partial charge in [0.15, 0.2) is 6.29 Å². The van der Waals surface area contributed by atoms with Crippen molar-refractivity contribution in [2.75, 3.05) is 5.75 Å². The summed E-state index contributed by atoms with van der Waals surface area (Å²) < 4.78 is 0. The minimum absolute atomic E-state index is 0.541. The second-order valence-electron chi connectivity index (χ2n) is 1.94. The SMILES string of the molecule is CCSc1cccnc1C=O. The molecule has 1 heterocycles. The van der Waals surface area contributed by atoms with Gasteiger partial charge in [0.2, 0.25) is 0 Å². The fraction of sp³-hybridized carbons (Fsp3) is 0.250. The molecular formula is C8H9NOS. The molecule has 0 bridgehead atoms. The predicted molar refractivity (Wildman–Crippen MR) is 46.0 cm³/mol. The summed E-state index contributed by atoms with van der Waals surface area (Å²) in [7, 11) is 0. The molecule has 1 aromatic rings. The first-order chi connectivity index (χ1) is 5.38. The second kappa shape index (κ2) is 4.13. The fourth-order valence-electron chi connectivity index (χ4n) is 0.769. The molecule has 0 N–H and O–H groups in total. The fourth-order valence-corrected chi connectivity index (χ4v) is 1.50. The molecule has 0 atom stereocenters. The summed E-state index contributed by atoms with van der Waals surface area (Å²) in [6.07, 6.45) is 2.42. The van der Waals surface area contributed by atoms with Crippen LogP contribution in [0.25, 0.3) is 0 Å². The van der Waals surface area contributed by atoms with Crippen LogP contribution in [0.15, 0.2) is 23.2 Å². The minimum Gasteiger partial charge on any atom is -0.296 e. The van der Waals surface area contributed by atoms with Crippen LogP contribution >= 0.6 is 11.8 Å². The number of pyridine rings is 1. The van der Waals surface area contributed by atoms with Gasteiger partial charge in [-0.15, -0.1) is 11.8 Å². The summed E-state index contributed by atoms with van der Waals surface area (Å²) in [5.41, 5.74) is 0.541. The van der Waals surface area contributed by atoms with Crippen molar-refractivity contribution >= 4 is 18.0 Å². The number of aromatic nitrogens is 1. The van der Waals surface area contributed by atoms with Gasteiger partial charge in [-0.3, -0.25) is 9.78 Å². The number of thioether (sulfide) groups is 1. The van der Waals surface area contributed by atoms with Gasteiger partial charge in [-0.05, 0) is 17.9 Å². The van der Waals surface area contributed by atoms with Gasteiger partial charge in [0.1, 0.15) is 5.69 Å².